The monoisotopic (exact) mass is 357 g/mol. The van der Waals surface area contributed by atoms with E-state index in [9.17, 15) is 9.59 Å². The number of para-hydroxylation sites is 2. The van der Waals surface area contributed by atoms with E-state index in [2.05, 4.69) is 24.1 Å². The van der Waals surface area contributed by atoms with Crippen molar-refractivity contribution in [1.29, 1.82) is 0 Å². The molecule has 0 bridgehead atoms. The normalized spacial score (nSPS) is 15.6. The predicted octanol–water partition coefficient (Wildman–Crippen LogP) is 2.77. The lowest BCUT2D eigenvalue weighted by Crippen LogP contribution is -2.43. The number of likely N-dealkylation sites (tertiary alicyclic amines) is 1. The number of hydrogen-bond donors (Lipinski definition) is 1. The Labute approximate surface area is 153 Å². The van der Waals surface area contributed by atoms with Gasteiger partial charge in [0, 0.05) is 38.4 Å². The number of fused-ring (bicyclic) bond motifs is 1. The van der Waals surface area contributed by atoms with Crippen LogP contribution in [-0.4, -0.2) is 41.3 Å². The fourth-order valence-corrected chi connectivity index (χ4v) is 3.33. The fourth-order valence-electron chi connectivity index (χ4n) is 3.33. The van der Waals surface area contributed by atoms with E-state index in [0.29, 0.717) is 44.3 Å². The summed E-state index contributed by atoms with van der Waals surface area (Å²) in [6, 6.07) is 7.64. The summed E-state index contributed by atoms with van der Waals surface area (Å²) in [5.41, 5.74) is 1.61. The number of rotatable bonds is 6. The molecule has 1 aromatic heterocycles. The summed E-state index contributed by atoms with van der Waals surface area (Å²) in [6.45, 7) is 5.96. The molecule has 26 heavy (non-hydrogen) atoms. The van der Waals surface area contributed by atoms with Gasteiger partial charge in [-0.2, -0.15) is 0 Å². The second-order valence-electron chi connectivity index (χ2n) is 7.37. The van der Waals surface area contributed by atoms with Gasteiger partial charge in [-0.1, -0.05) is 26.0 Å². The molecular formula is C20H27N3O3. The van der Waals surface area contributed by atoms with Crippen molar-refractivity contribution in [2.24, 2.45) is 11.8 Å². The van der Waals surface area contributed by atoms with Gasteiger partial charge in [0.1, 0.15) is 5.52 Å². The van der Waals surface area contributed by atoms with Crippen molar-refractivity contribution in [1.82, 2.24) is 15.2 Å². The molecule has 3 rings (SSSR count). The molecule has 1 aromatic carbocycles. The Hall–Kier alpha value is -2.37. The molecule has 0 saturated carbocycles. The van der Waals surface area contributed by atoms with Crippen LogP contribution < -0.4 is 5.32 Å². The minimum Gasteiger partial charge on any atom is -0.441 e. The average molecular weight is 357 g/mol. The largest absolute Gasteiger partial charge is 0.441 e. The highest BCUT2D eigenvalue weighted by Crippen LogP contribution is 2.19. The Balaban J connectivity index is 1.41. The number of carbonyl (C=O) groups excluding carboxylic acids is 2. The second kappa shape index (κ2) is 8.34. The molecule has 1 aliphatic rings. The highest BCUT2D eigenvalue weighted by molar-refractivity contribution is 5.80. The number of oxazole rings is 1. The maximum absolute atomic E-state index is 12.3. The van der Waals surface area contributed by atoms with Crippen molar-refractivity contribution in [3.63, 3.8) is 0 Å². The van der Waals surface area contributed by atoms with Gasteiger partial charge in [-0.3, -0.25) is 9.59 Å². The molecule has 0 aliphatic carbocycles. The van der Waals surface area contributed by atoms with Gasteiger partial charge in [0.15, 0.2) is 11.5 Å². The van der Waals surface area contributed by atoms with Gasteiger partial charge < -0.3 is 14.6 Å². The van der Waals surface area contributed by atoms with Crippen LogP contribution in [0.5, 0.6) is 0 Å². The van der Waals surface area contributed by atoms with Gasteiger partial charge >= 0.3 is 0 Å². The van der Waals surface area contributed by atoms with Gasteiger partial charge in [0.2, 0.25) is 11.8 Å². The number of nitrogens with one attached hydrogen (secondary N) is 1. The van der Waals surface area contributed by atoms with Crippen LogP contribution in [0.2, 0.25) is 0 Å². The summed E-state index contributed by atoms with van der Waals surface area (Å²) in [4.78, 5) is 30.7. The second-order valence-corrected chi connectivity index (χ2v) is 7.37. The Bertz CT molecular complexity index is 728. The maximum atomic E-state index is 12.3. The molecule has 6 heteroatoms. The van der Waals surface area contributed by atoms with E-state index >= 15 is 0 Å². The van der Waals surface area contributed by atoms with Crippen LogP contribution in [-0.2, 0) is 16.0 Å². The molecule has 0 unspecified atom stereocenters. The third kappa shape index (κ3) is 4.62. The first-order chi connectivity index (χ1) is 12.5. The number of aromatic nitrogens is 1. The Kier molecular flexibility index (Phi) is 5.91. The summed E-state index contributed by atoms with van der Waals surface area (Å²) in [5, 5.41) is 2.98. The van der Waals surface area contributed by atoms with E-state index in [0.717, 1.165) is 23.9 Å². The van der Waals surface area contributed by atoms with Crippen LogP contribution in [0.1, 0.15) is 39.0 Å². The zero-order valence-corrected chi connectivity index (χ0v) is 15.5. The minimum atomic E-state index is -0.0123. The molecule has 1 aliphatic heterocycles. The number of hydrogen-bond acceptors (Lipinski definition) is 4. The summed E-state index contributed by atoms with van der Waals surface area (Å²) in [6.07, 6.45) is 2.63. The van der Waals surface area contributed by atoms with E-state index < -0.39 is 0 Å². The van der Waals surface area contributed by atoms with E-state index in [1.807, 2.05) is 29.2 Å². The molecule has 6 nitrogen and oxygen atoms in total. The van der Waals surface area contributed by atoms with Crippen LogP contribution >= 0.6 is 0 Å². The lowest BCUT2D eigenvalue weighted by atomic mass is 9.95. The quantitative estimate of drug-likeness (QED) is 0.862. The first kappa shape index (κ1) is 18.4. The number of nitrogens with zero attached hydrogens (tertiary/aromatic N) is 2. The van der Waals surface area contributed by atoms with Crippen molar-refractivity contribution in [3.8, 4) is 0 Å². The molecule has 140 valence electrons. The smallest absolute Gasteiger partial charge is 0.223 e. The SMILES string of the molecule is CC(C)CC(=O)N1CCC(C(=O)NCCc2nc3ccccc3o2)CC1. The van der Waals surface area contributed by atoms with Gasteiger partial charge in [-0.05, 0) is 30.9 Å². The van der Waals surface area contributed by atoms with Crippen LogP contribution in [0.3, 0.4) is 0 Å². The molecule has 1 N–H and O–H groups in total. The van der Waals surface area contributed by atoms with Gasteiger partial charge in [0.05, 0.1) is 0 Å². The summed E-state index contributed by atoms with van der Waals surface area (Å²) in [5.74, 6) is 1.27. The number of amides is 2. The highest BCUT2D eigenvalue weighted by atomic mass is 16.3. The molecular weight excluding hydrogens is 330 g/mol. The topological polar surface area (TPSA) is 75.4 Å². The fraction of sp³-hybridized carbons (Fsp3) is 0.550. The molecule has 0 radical (unpaired) electrons. The van der Waals surface area contributed by atoms with Gasteiger partial charge in [-0.15, -0.1) is 0 Å². The van der Waals surface area contributed by atoms with Gasteiger partial charge in [0.25, 0.3) is 0 Å². The van der Waals surface area contributed by atoms with Crippen molar-refractivity contribution < 1.29 is 14.0 Å². The van der Waals surface area contributed by atoms with E-state index in [-0.39, 0.29) is 17.7 Å². The molecule has 1 saturated heterocycles. The van der Waals surface area contributed by atoms with Crippen LogP contribution in [0.15, 0.2) is 28.7 Å². The molecule has 2 heterocycles. The van der Waals surface area contributed by atoms with Crippen LogP contribution in [0, 0.1) is 11.8 Å². The Morgan fingerprint density at radius 2 is 2.00 bits per heavy atom. The van der Waals surface area contributed by atoms with Crippen molar-refractivity contribution in [2.75, 3.05) is 19.6 Å². The van der Waals surface area contributed by atoms with E-state index in [4.69, 9.17) is 4.42 Å². The maximum Gasteiger partial charge on any atom is 0.223 e. The zero-order valence-electron chi connectivity index (χ0n) is 15.5. The summed E-state index contributed by atoms with van der Waals surface area (Å²) >= 11 is 0. The Morgan fingerprint density at radius 3 is 2.69 bits per heavy atom. The van der Waals surface area contributed by atoms with E-state index in [1.165, 1.54) is 0 Å². The third-order valence-electron chi connectivity index (χ3n) is 4.78. The minimum absolute atomic E-state index is 0.0123. The average Bonchev–Trinajstić information content (AvgIpc) is 3.04. The highest BCUT2D eigenvalue weighted by Gasteiger charge is 2.27. The summed E-state index contributed by atoms with van der Waals surface area (Å²) < 4.78 is 5.66. The number of carbonyl (C=O) groups is 2. The first-order valence-electron chi connectivity index (χ1n) is 9.43. The first-order valence-corrected chi connectivity index (χ1v) is 9.43. The summed E-state index contributed by atoms with van der Waals surface area (Å²) in [7, 11) is 0. The molecule has 0 atom stereocenters. The lowest BCUT2D eigenvalue weighted by molar-refractivity contribution is -0.136. The Morgan fingerprint density at radius 1 is 1.27 bits per heavy atom. The molecule has 2 amide bonds. The van der Waals surface area contributed by atoms with Crippen molar-refractivity contribution >= 4 is 22.9 Å². The standard InChI is InChI=1S/C20H27N3O3/c1-14(2)13-19(24)23-11-8-15(9-12-23)20(25)21-10-7-18-22-16-5-3-4-6-17(16)26-18/h3-6,14-15H,7-13H2,1-2H3,(H,21,25). The number of benzene rings is 1. The molecule has 0 spiro atoms. The third-order valence-corrected chi connectivity index (χ3v) is 4.78. The van der Waals surface area contributed by atoms with Gasteiger partial charge in [-0.25, -0.2) is 4.98 Å². The van der Waals surface area contributed by atoms with Crippen molar-refractivity contribution in [2.45, 2.75) is 39.5 Å². The van der Waals surface area contributed by atoms with E-state index in [1.54, 1.807) is 0 Å². The van der Waals surface area contributed by atoms with Crippen LogP contribution in [0.25, 0.3) is 11.1 Å². The lowest BCUT2D eigenvalue weighted by Gasteiger charge is -2.31. The predicted molar refractivity (Wildman–Crippen MR) is 99.5 cm³/mol. The number of piperidine rings is 1. The van der Waals surface area contributed by atoms with Crippen molar-refractivity contribution in [3.05, 3.63) is 30.2 Å². The van der Waals surface area contributed by atoms with Crippen LogP contribution in [0.4, 0.5) is 0 Å². The zero-order chi connectivity index (χ0) is 18.5. The molecule has 1 fully saturated rings. The molecule has 2 aromatic rings.